The Hall–Kier alpha value is -2.43. The van der Waals surface area contributed by atoms with E-state index >= 15 is 0 Å². The number of hydrogen-bond donors (Lipinski definition) is 0. The van der Waals surface area contributed by atoms with Crippen LogP contribution >= 0.6 is 0 Å². The second-order valence-electron chi connectivity index (χ2n) is 4.15. The summed E-state index contributed by atoms with van der Waals surface area (Å²) in [7, 11) is 0. The average molecular weight is 254 g/mol. The molecule has 2 aromatic heterocycles. The molecule has 2 heterocycles. The zero-order valence-corrected chi connectivity index (χ0v) is 10.9. The normalized spacial score (nSPS) is 10.8. The van der Waals surface area contributed by atoms with Crippen molar-refractivity contribution in [1.29, 1.82) is 0 Å². The fourth-order valence-corrected chi connectivity index (χ4v) is 1.94. The third-order valence-electron chi connectivity index (χ3n) is 2.79. The quantitative estimate of drug-likeness (QED) is 0.720. The molecule has 0 N–H and O–H groups in total. The zero-order chi connectivity index (χ0) is 13.2. The van der Waals surface area contributed by atoms with Gasteiger partial charge in [0.2, 0.25) is 5.88 Å². The maximum absolute atomic E-state index is 5.42. The molecule has 0 fully saturated rings. The molecule has 0 saturated heterocycles. The number of rotatable bonds is 3. The van der Waals surface area contributed by atoms with Crippen LogP contribution in [0.2, 0.25) is 0 Å². The number of fused-ring (bicyclic) bond motifs is 1. The van der Waals surface area contributed by atoms with E-state index in [1.165, 1.54) is 0 Å². The summed E-state index contributed by atoms with van der Waals surface area (Å²) in [6, 6.07) is 11.7. The first-order valence-corrected chi connectivity index (χ1v) is 6.20. The molecule has 0 aliphatic carbocycles. The van der Waals surface area contributed by atoms with Gasteiger partial charge in [0, 0.05) is 11.6 Å². The van der Waals surface area contributed by atoms with Crippen LogP contribution in [0.1, 0.15) is 12.7 Å². The Morgan fingerprint density at radius 1 is 1.16 bits per heavy atom. The van der Waals surface area contributed by atoms with Gasteiger partial charge in [0.05, 0.1) is 6.61 Å². The van der Waals surface area contributed by atoms with Crippen LogP contribution in [0.15, 0.2) is 36.4 Å². The fraction of sp³-hybridized carbons (Fsp3) is 0.214. The van der Waals surface area contributed by atoms with Crippen LogP contribution < -0.4 is 4.74 Å². The summed E-state index contributed by atoms with van der Waals surface area (Å²) < 4.78 is 7.14. The molecule has 0 saturated carbocycles. The molecule has 3 rings (SSSR count). The van der Waals surface area contributed by atoms with Crippen LogP contribution in [0.4, 0.5) is 0 Å². The number of hydrogen-bond acceptors (Lipinski definition) is 4. The predicted octanol–water partition coefficient (Wildman–Crippen LogP) is 2.50. The maximum atomic E-state index is 5.42. The molecule has 0 atom stereocenters. The van der Waals surface area contributed by atoms with Crippen molar-refractivity contribution in [2.75, 3.05) is 6.61 Å². The van der Waals surface area contributed by atoms with Crippen molar-refractivity contribution in [2.24, 2.45) is 0 Å². The molecule has 0 unspecified atom stereocenters. The maximum Gasteiger partial charge on any atom is 0.218 e. The molecule has 96 valence electrons. The zero-order valence-electron chi connectivity index (χ0n) is 10.9. The molecular weight excluding hydrogens is 240 g/mol. The molecular formula is C14H14N4O. The Labute approximate surface area is 110 Å². The lowest BCUT2D eigenvalue weighted by molar-refractivity contribution is 0.325. The summed E-state index contributed by atoms with van der Waals surface area (Å²) in [5, 5.41) is 4.47. The topological polar surface area (TPSA) is 52.3 Å². The molecule has 0 bridgehead atoms. The second-order valence-corrected chi connectivity index (χ2v) is 4.15. The van der Waals surface area contributed by atoms with Crippen LogP contribution in [0, 0.1) is 6.92 Å². The van der Waals surface area contributed by atoms with Crippen LogP contribution in [0.5, 0.6) is 5.88 Å². The van der Waals surface area contributed by atoms with E-state index in [1.807, 2.05) is 44.2 Å². The van der Waals surface area contributed by atoms with E-state index in [-0.39, 0.29) is 0 Å². The molecule has 5 nitrogen and oxygen atoms in total. The third kappa shape index (κ3) is 2.14. The number of ether oxygens (including phenoxy) is 1. The van der Waals surface area contributed by atoms with Gasteiger partial charge in [0.25, 0.3) is 0 Å². The monoisotopic (exact) mass is 254 g/mol. The summed E-state index contributed by atoms with van der Waals surface area (Å²) in [5.74, 6) is 2.04. The smallest absolute Gasteiger partial charge is 0.218 e. The van der Waals surface area contributed by atoms with Gasteiger partial charge in [-0.3, -0.25) is 0 Å². The van der Waals surface area contributed by atoms with Gasteiger partial charge < -0.3 is 4.74 Å². The van der Waals surface area contributed by atoms with Crippen molar-refractivity contribution in [3.63, 3.8) is 0 Å². The first-order chi connectivity index (χ1) is 9.28. The van der Waals surface area contributed by atoms with Crippen molar-refractivity contribution >= 4 is 5.65 Å². The first kappa shape index (κ1) is 11.6. The lowest BCUT2D eigenvalue weighted by Gasteiger charge is -2.03. The van der Waals surface area contributed by atoms with Crippen LogP contribution in [0.3, 0.4) is 0 Å². The highest BCUT2D eigenvalue weighted by atomic mass is 16.5. The van der Waals surface area contributed by atoms with Crippen LogP contribution in [0.25, 0.3) is 17.0 Å². The number of nitrogens with zero attached hydrogens (tertiary/aromatic N) is 4. The lowest BCUT2D eigenvalue weighted by atomic mass is 10.2. The average Bonchev–Trinajstić information content (AvgIpc) is 2.85. The largest absolute Gasteiger partial charge is 0.478 e. The summed E-state index contributed by atoms with van der Waals surface area (Å²) in [5.41, 5.74) is 1.73. The van der Waals surface area contributed by atoms with E-state index < -0.39 is 0 Å². The lowest BCUT2D eigenvalue weighted by Crippen LogP contribution is -2.01. The number of aryl methyl sites for hydroxylation is 1. The van der Waals surface area contributed by atoms with E-state index in [2.05, 4.69) is 15.1 Å². The van der Waals surface area contributed by atoms with Gasteiger partial charge in [0.1, 0.15) is 5.82 Å². The van der Waals surface area contributed by atoms with E-state index in [9.17, 15) is 0 Å². The van der Waals surface area contributed by atoms with E-state index in [4.69, 9.17) is 4.74 Å². The summed E-state index contributed by atoms with van der Waals surface area (Å²) in [6.07, 6.45) is 0. The Morgan fingerprint density at radius 2 is 1.95 bits per heavy atom. The molecule has 1 aromatic carbocycles. The summed E-state index contributed by atoms with van der Waals surface area (Å²) in [6.45, 7) is 4.40. The molecule has 0 amide bonds. The Kier molecular flexibility index (Phi) is 2.87. The Balaban J connectivity index is 2.13. The third-order valence-corrected chi connectivity index (χ3v) is 2.79. The molecule has 0 radical (unpaired) electrons. The first-order valence-electron chi connectivity index (χ1n) is 6.20. The molecule has 5 heteroatoms. The van der Waals surface area contributed by atoms with Crippen molar-refractivity contribution < 1.29 is 4.74 Å². The highest BCUT2D eigenvalue weighted by molar-refractivity contribution is 5.58. The van der Waals surface area contributed by atoms with Gasteiger partial charge >= 0.3 is 0 Å². The van der Waals surface area contributed by atoms with E-state index in [1.54, 1.807) is 10.6 Å². The highest BCUT2D eigenvalue weighted by Crippen LogP contribution is 2.18. The Morgan fingerprint density at radius 3 is 2.68 bits per heavy atom. The molecule has 0 aliphatic rings. The fourth-order valence-electron chi connectivity index (χ4n) is 1.94. The van der Waals surface area contributed by atoms with E-state index in [0.717, 1.165) is 17.0 Å². The highest BCUT2D eigenvalue weighted by Gasteiger charge is 2.10. The van der Waals surface area contributed by atoms with Crippen LogP contribution in [-0.4, -0.2) is 26.2 Å². The molecule has 0 spiro atoms. The van der Waals surface area contributed by atoms with E-state index in [0.29, 0.717) is 18.3 Å². The molecule has 0 aliphatic heterocycles. The van der Waals surface area contributed by atoms with Gasteiger partial charge in [0.15, 0.2) is 11.5 Å². The van der Waals surface area contributed by atoms with Crippen molar-refractivity contribution in [3.8, 4) is 17.3 Å². The number of aromatic nitrogens is 4. The second kappa shape index (κ2) is 4.68. The molecule has 3 aromatic rings. The van der Waals surface area contributed by atoms with Crippen molar-refractivity contribution in [2.45, 2.75) is 13.8 Å². The predicted molar refractivity (Wildman–Crippen MR) is 72.1 cm³/mol. The van der Waals surface area contributed by atoms with Crippen molar-refractivity contribution in [1.82, 2.24) is 19.6 Å². The summed E-state index contributed by atoms with van der Waals surface area (Å²) in [4.78, 5) is 8.85. The standard InChI is InChI=1S/C14H14N4O/c1-3-19-13-9-12-16-14(11-7-5-4-6-8-11)17-18(12)10(2)15-13/h4-9H,3H2,1-2H3. The van der Waals surface area contributed by atoms with Crippen LogP contribution in [-0.2, 0) is 0 Å². The minimum Gasteiger partial charge on any atom is -0.478 e. The van der Waals surface area contributed by atoms with Gasteiger partial charge in [-0.2, -0.15) is 9.50 Å². The minimum absolute atomic E-state index is 0.583. The summed E-state index contributed by atoms with van der Waals surface area (Å²) >= 11 is 0. The SMILES string of the molecule is CCOc1cc2nc(-c3ccccc3)nn2c(C)n1. The van der Waals surface area contributed by atoms with Gasteiger partial charge in [-0.1, -0.05) is 30.3 Å². The van der Waals surface area contributed by atoms with Crippen molar-refractivity contribution in [3.05, 3.63) is 42.2 Å². The Bertz CT molecular complexity index is 706. The van der Waals surface area contributed by atoms with Gasteiger partial charge in [-0.25, -0.2) is 4.98 Å². The number of benzene rings is 1. The van der Waals surface area contributed by atoms with Gasteiger partial charge in [-0.15, -0.1) is 5.10 Å². The molecule has 19 heavy (non-hydrogen) atoms. The van der Waals surface area contributed by atoms with Gasteiger partial charge in [-0.05, 0) is 13.8 Å². The minimum atomic E-state index is 0.583.